The third-order valence-corrected chi connectivity index (χ3v) is 1.42. The molecule has 0 fully saturated rings. The highest BCUT2D eigenvalue weighted by molar-refractivity contribution is 5.20. The summed E-state index contributed by atoms with van der Waals surface area (Å²) in [5.41, 5.74) is 0.931. The van der Waals surface area contributed by atoms with Crippen LogP contribution in [0.15, 0.2) is 18.3 Å². The number of ether oxygens (including phenoxy) is 1. The minimum absolute atomic E-state index is 0.0237. The van der Waals surface area contributed by atoms with E-state index in [1.807, 2.05) is 6.92 Å². The molecule has 1 heterocycles. The molecule has 0 spiro atoms. The standard InChI is InChI=1S/C8H9F2NO/c1-2-6-3-4-11-7(5-6)12-8(9)10/h3-5,8H,2H2,1H3. The normalized spacial score (nSPS) is 10.3. The molecule has 0 radical (unpaired) electrons. The lowest BCUT2D eigenvalue weighted by Crippen LogP contribution is -2.03. The number of halogens is 2. The highest BCUT2D eigenvalue weighted by atomic mass is 19.3. The van der Waals surface area contributed by atoms with Gasteiger partial charge in [0.2, 0.25) is 5.88 Å². The predicted molar refractivity (Wildman–Crippen MR) is 40.2 cm³/mol. The van der Waals surface area contributed by atoms with Crippen molar-refractivity contribution in [3.8, 4) is 5.88 Å². The summed E-state index contributed by atoms with van der Waals surface area (Å²) in [6.45, 7) is -0.869. The molecule has 0 amide bonds. The Labute approximate surface area is 69.2 Å². The van der Waals surface area contributed by atoms with Gasteiger partial charge in [-0.05, 0) is 18.1 Å². The quantitative estimate of drug-likeness (QED) is 0.699. The zero-order valence-electron chi connectivity index (χ0n) is 6.63. The summed E-state index contributed by atoms with van der Waals surface area (Å²) in [6.07, 6.45) is 2.23. The molecular formula is C8H9F2NO. The molecule has 2 nitrogen and oxygen atoms in total. The van der Waals surface area contributed by atoms with E-state index in [4.69, 9.17) is 0 Å². The van der Waals surface area contributed by atoms with Crippen LogP contribution in [0.3, 0.4) is 0 Å². The van der Waals surface area contributed by atoms with Gasteiger partial charge in [-0.1, -0.05) is 6.92 Å². The molecule has 0 aromatic carbocycles. The predicted octanol–water partition coefficient (Wildman–Crippen LogP) is 2.25. The van der Waals surface area contributed by atoms with Crippen molar-refractivity contribution in [1.82, 2.24) is 4.98 Å². The van der Waals surface area contributed by atoms with Crippen molar-refractivity contribution in [3.63, 3.8) is 0 Å². The Morgan fingerprint density at radius 2 is 2.33 bits per heavy atom. The maximum atomic E-state index is 11.7. The Morgan fingerprint density at radius 1 is 1.58 bits per heavy atom. The van der Waals surface area contributed by atoms with Crippen LogP contribution in [0.25, 0.3) is 0 Å². The van der Waals surface area contributed by atoms with Crippen molar-refractivity contribution < 1.29 is 13.5 Å². The highest BCUT2D eigenvalue weighted by Gasteiger charge is 2.04. The molecule has 0 saturated heterocycles. The smallest absolute Gasteiger partial charge is 0.388 e. The molecule has 0 N–H and O–H groups in total. The minimum Gasteiger partial charge on any atom is -0.417 e. The first-order chi connectivity index (χ1) is 5.72. The topological polar surface area (TPSA) is 22.1 Å². The van der Waals surface area contributed by atoms with Crippen LogP contribution in [0.2, 0.25) is 0 Å². The molecule has 0 aliphatic carbocycles. The second-order valence-electron chi connectivity index (χ2n) is 2.23. The molecular weight excluding hydrogens is 164 g/mol. The minimum atomic E-state index is -2.80. The number of nitrogens with zero attached hydrogens (tertiary/aromatic N) is 1. The number of rotatable bonds is 3. The third kappa shape index (κ3) is 2.45. The summed E-state index contributed by atoms with van der Waals surface area (Å²) in [7, 11) is 0. The average Bonchev–Trinajstić information content (AvgIpc) is 2.03. The van der Waals surface area contributed by atoms with Crippen molar-refractivity contribution in [2.45, 2.75) is 20.0 Å². The SMILES string of the molecule is CCc1ccnc(OC(F)F)c1. The van der Waals surface area contributed by atoms with E-state index in [0.29, 0.717) is 0 Å². The molecule has 0 atom stereocenters. The van der Waals surface area contributed by atoms with Gasteiger partial charge in [-0.15, -0.1) is 0 Å². The number of hydrogen-bond donors (Lipinski definition) is 0. The van der Waals surface area contributed by atoms with Gasteiger partial charge in [-0.2, -0.15) is 8.78 Å². The maximum Gasteiger partial charge on any atom is 0.388 e. The Bertz CT molecular complexity index is 253. The summed E-state index contributed by atoms with van der Waals surface area (Å²) >= 11 is 0. The molecule has 1 rings (SSSR count). The molecule has 12 heavy (non-hydrogen) atoms. The van der Waals surface area contributed by atoms with E-state index < -0.39 is 6.61 Å². The fourth-order valence-electron chi connectivity index (χ4n) is 0.826. The maximum absolute atomic E-state index is 11.7. The van der Waals surface area contributed by atoms with Gasteiger partial charge in [0.15, 0.2) is 0 Å². The Hall–Kier alpha value is -1.19. The monoisotopic (exact) mass is 173 g/mol. The molecule has 4 heteroatoms. The van der Waals surface area contributed by atoms with Gasteiger partial charge in [0.25, 0.3) is 0 Å². The number of hydrogen-bond acceptors (Lipinski definition) is 2. The lowest BCUT2D eigenvalue weighted by atomic mass is 10.2. The van der Waals surface area contributed by atoms with Crippen molar-refractivity contribution >= 4 is 0 Å². The van der Waals surface area contributed by atoms with Gasteiger partial charge < -0.3 is 4.74 Å². The first kappa shape index (κ1) is 8.90. The molecule has 1 aromatic rings. The van der Waals surface area contributed by atoms with Gasteiger partial charge in [0.05, 0.1) is 0 Å². The number of aryl methyl sites for hydroxylation is 1. The third-order valence-electron chi connectivity index (χ3n) is 1.42. The first-order valence-electron chi connectivity index (χ1n) is 3.62. The Balaban J connectivity index is 2.72. The lowest BCUT2D eigenvalue weighted by molar-refractivity contribution is -0.0528. The number of alkyl halides is 2. The van der Waals surface area contributed by atoms with E-state index in [9.17, 15) is 8.78 Å². The van der Waals surface area contributed by atoms with Crippen LogP contribution in [0.1, 0.15) is 12.5 Å². The largest absolute Gasteiger partial charge is 0.417 e. The Kier molecular flexibility index (Phi) is 2.96. The van der Waals surface area contributed by atoms with E-state index in [0.717, 1.165) is 12.0 Å². The summed E-state index contributed by atoms with van der Waals surface area (Å²) in [4.78, 5) is 3.63. The van der Waals surface area contributed by atoms with E-state index in [-0.39, 0.29) is 5.88 Å². The molecule has 66 valence electrons. The lowest BCUT2D eigenvalue weighted by Gasteiger charge is -2.03. The number of pyridine rings is 1. The van der Waals surface area contributed by atoms with Crippen molar-refractivity contribution in [2.24, 2.45) is 0 Å². The van der Waals surface area contributed by atoms with Gasteiger partial charge >= 0.3 is 6.61 Å². The fourth-order valence-corrected chi connectivity index (χ4v) is 0.826. The van der Waals surface area contributed by atoms with Crippen LogP contribution in [0.5, 0.6) is 5.88 Å². The molecule has 1 aromatic heterocycles. The van der Waals surface area contributed by atoms with E-state index in [1.54, 1.807) is 6.07 Å². The zero-order chi connectivity index (χ0) is 8.97. The zero-order valence-corrected chi connectivity index (χ0v) is 6.63. The molecule has 0 aliphatic rings. The molecule has 0 bridgehead atoms. The molecule has 0 saturated carbocycles. The van der Waals surface area contributed by atoms with Crippen LogP contribution in [-0.2, 0) is 6.42 Å². The van der Waals surface area contributed by atoms with Crippen LogP contribution in [0.4, 0.5) is 8.78 Å². The fraction of sp³-hybridized carbons (Fsp3) is 0.375. The van der Waals surface area contributed by atoms with Gasteiger partial charge in [0.1, 0.15) is 0 Å². The van der Waals surface area contributed by atoms with Crippen LogP contribution in [0, 0.1) is 0 Å². The Morgan fingerprint density at radius 3 is 2.92 bits per heavy atom. The van der Waals surface area contributed by atoms with Crippen LogP contribution < -0.4 is 4.74 Å². The second kappa shape index (κ2) is 3.99. The highest BCUT2D eigenvalue weighted by Crippen LogP contribution is 2.12. The van der Waals surface area contributed by atoms with Crippen LogP contribution >= 0.6 is 0 Å². The van der Waals surface area contributed by atoms with Gasteiger partial charge in [0, 0.05) is 12.3 Å². The first-order valence-corrected chi connectivity index (χ1v) is 3.62. The summed E-state index contributed by atoms with van der Waals surface area (Å²) < 4.78 is 27.5. The van der Waals surface area contributed by atoms with Crippen molar-refractivity contribution in [3.05, 3.63) is 23.9 Å². The van der Waals surface area contributed by atoms with Crippen LogP contribution in [-0.4, -0.2) is 11.6 Å². The molecule has 0 unspecified atom stereocenters. The summed E-state index contributed by atoms with van der Waals surface area (Å²) in [5.74, 6) is -0.0237. The second-order valence-corrected chi connectivity index (χ2v) is 2.23. The number of aromatic nitrogens is 1. The van der Waals surface area contributed by atoms with E-state index in [2.05, 4.69) is 9.72 Å². The summed E-state index contributed by atoms with van der Waals surface area (Å²) in [5, 5.41) is 0. The van der Waals surface area contributed by atoms with Gasteiger partial charge in [-0.3, -0.25) is 0 Å². The summed E-state index contributed by atoms with van der Waals surface area (Å²) in [6, 6.07) is 3.27. The average molecular weight is 173 g/mol. The molecule has 0 aliphatic heterocycles. The van der Waals surface area contributed by atoms with Gasteiger partial charge in [-0.25, -0.2) is 4.98 Å². The van der Waals surface area contributed by atoms with E-state index in [1.165, 1.54) is 12.3 Å². The van der Waals surface area contributed by atoms with E-state index >= 15 is 0 Å². The van der Waals surface area contributed by atoms with Crippen molar-refractivity contribution in [1.29, 1.82) is 0 Å². The van der Waals surface area contributed by atoms with Crippen molar-refractivity contribution in [2.75, 3.05) is 0 Å².